The lowest BCUT2D eigenvalue weighted by atomic mass is 10.1. The lowest BCUT2D eigenvalue weighted by Gasteiger charge is -2.08. The largest absolute Gasteiger partial charge is 0.466 e. The second kappa shape index (κ2) is 9.98. The Bertz CT molecular complexity index is 494. The first-order valence-corrected chi connectivity index (χ1v) is 7.96. The fourth-order valence-corrected chi connectivity index (χ4v) is 1.93. The SMILES string of the molecule is CCCCOC(=O)CCCCC(=O)Oc1cc(C)ccc1C. The molecule has 0 unspecified atom stereocenters. The first kappa shape index (κ1) is 18.2. The molecule has 0 bridgehead atoms. The van der Waals surface area contributed by atoms with Crippen LogP contribution in [0.1, 0.15) is 56.6 Å². The van der Waals surface area contributed by atoms with E-state index in [1.165, 1.54) is 0 Å². The molecule has 0 saturated carbocycles. The van der Waals surface area contributed by atoms with Crippen molar-refractivity contribution in [1.29, 1.82) is 0 Å². The van der Waals surface area contributed by atoms with Crippen LogP contribution in [-0.4, -0.2) is 18.5 Å². The zero-order valence-corrected chi connectivity index (χ0v) is 13.8. The van der Waals surface area contributed by atoms with Gasteiger partial charge in [0, 0.05) is 12.8 Å². The standard InChI is InChI=1S/C18H26O4/c1-4-5-12-21-17(19)8-6-7-9-18(20)22-16-13-14(2)10-11-15(16)3/h10-11,13H,4-9,12H2,1-3H3. The summed E-state index contributed by atoms with van der Waals surface area (Å²) in [6.07, 6.45) is 3.86. The molecule has 0 saturated heterocycles. The lowest BCUT2D eigenvalue weighted by Crippen LogP contribution is -2.10. The van der Waals surface area contributed by atoms with Gasteiger partial charge >= 0.3 is 11.9 Å². The Labute approximate surface area is 132 Å². The van der Waals surface area contributed by atoms with E-state index < -0.39 is 0 Å². The Morgan fingerprint density at radius 1 is 1.00 bits per heavy atom. The average molecular weight is 306 g/mol. The number of rotatable bonds is 9. The van der Waals surface area contributed by atoms with Crippen LogP contribution >= 0.6 is 0 Å². The molecular formula is C18H26O4. The summed E-state index contributed by atoms with van der Waals surface area (Å²) in [4.78, 5) is 23.2. The molecule has 122 valence electrons. The number of ether oxygens (including phenoxy) is 2. The van der Waals surface area contributed by atoms with E-state index in [1.807, 2.05) is 32.0 Å². The molecule has 0 aliphatic rings. The summed E-state index contributed by atoms with van der Waals surface area (Å²) in [5.41, 5.74) is 2.00. The van der Waals surface area contributed by atoms with Gasteiger partial charge in [-0.1, -0.05) is 25.5 Å². The molecule has 4 nitrogen and oxygen atoms in total. The predicted octanol–water partition coefficient (Wildman–Crippen LogP) is 4.11. The van der Waals surface area contributed by atoms with E-state index in [1.54, 1.807) is 0 Å². The molecule has 4 heteroatoms. The van der Waals surface area contributed by atoms with Crippen molar-refractivity contribution >= 4 is 11.9 Å². The van der Waals surface area contributed by atoms with Gasteiger partial charge < -0.3 is 9.47 Å². The summed E-state index contributed by atoms with van der Waals surface area (Å²) in [5, 5.41) is 0. The van der Waals surface area contributed by atoms with Crippen LogP contribution in [-0.2, 0) is 14.3 Å². The van der Waals surface area contributed by atoms with Crippen LogP contribution in [0.5, 0.6) is 5.75 Å². The molecule has 0 aliphatic carbocycles. The van der Waals surface area contributed by atoms with Crippen molar-refractivity contribution in [2.75, 3.05) is 6.61 Å². The van der Waals surface area contributed by atoms with Gasteiger partial charge in [-0.2, -0.15) is 0 Å². The summed E-state index contributed by atoms with van der Waals surface area (Å²) in [7, 11) is 0. The fourth-order valence-electron chi connectivity index (χ4n) is 1.93. The van der Waals surface area contributed by atoms with E-state index >= 15 is 0 Å². The van der Waals surface area contributed by atoms with Crippen molar-refractivity contribution in [2.24, 2.45) is 0 Å². The Hall–Kier alpha value is -1.84. The molecule has 1 rings (SSSR count). The van der Waals surface area contributed by atoms with Gasteiger partial charge in [-0.25, -0.2) is 0 Å². The van der Waals surface area contributed by atoms with Crippen molar-refractivity contribution in [1.82, 2.24) is 0 Å². The van der Waals surface area contributed by atoms with Gasteiger partial charge in [0.2, 0.25) is 0 Å². The minimum absolute atomic E-state index is 0.184. The number of hydrogen-bond donors (Lipinski definition) is 0. The van der Waals surface area contributed by atoms with E-state index in [9.17, 15) is 9.59 Å². The van der Waals surface area contributed by atoms with E-state index in [0.29, 0.717) is 38.0 Å². The highest BCUT2D eigenvalue weighted by atomic mass is 16.5. The third kappa shape index (κ3) is 7.25. The molecule has 1 aromatic rings. The summed E-state index contributed by atoms with van der Waals surface area (Å²) in [6, 6.07) is 5.78. The maximum absolute atomic E-state index is 11.8. The van der Waals surface area contributed by atoms with Crippen molar-refractivity contribution in [3.05, 3.63) is 29.3 Å². The molecule has 1 aromatic carbocycles. The number of unbranched alkanes of at least 4 members (excludes halogenated alkanes) is 2. The zero-order chi connectivity index (χ0) is 16.4. The highest BCUT2D eigenvalue weighted by molar-refractivity contribution is 5.73. The Morgan fingerprint density at radius 2 is 1.68 bits per heavy atom. The summed E-state index contributed by atoms with van der Waals surface area (Å²) in [6.45, 7) is 6.41. The number of benzene rings is 1. The normalized spacial score (nSPS) is 10.3. The van der Waals surface area contributed by atoms with Crippen molar-refractivity contribution in [2.45, 2.75) is 59.3 Å². The molecule has 0 spiro atoms. The maximum Gasteiger partial charge on any atom is 0.311 e. The van der Waals surface area contributed by atoms with Crippen LogP contribution in [0.15, 0.2) is 18.2 Å². The molecule has 0 radical (unpaired) electrons. The van der Waals surface area contributed by atoms with E-state index in [2.05, 4.69) is 6.92 Å². The van der Waals surface area contributed by atoms with Crippen LogP contribution in [0.25, 0.3) is 0 Å². The molecular weight excluding hydrogens is 280 g/mol. The smallest absolute Gasteiger partial charge is 0.311 e. The van der Waals surface area contributed by atoms with E-state index in [-0.39, 0.29) is 11.9 Å². The van der Waals surface area contributed by atoms with Crippen molar-refractivity contribution in [3.8, 4) is 5.75 Å². The van der Waals surface area contributed by atoms with Crippen LogP contribution in [0.2, 0.25) is 0 Å². The van der Waals surface area contributed by atoms with E-state index in [4.69, 9.17) is 9.47 Å². The maximum atomic E-state index is 11.8. The van der Waals surface area contributed by atoms with Gasteiger partial charge in [0.25, 0.3) is 0 Å². The number of carbonyl (C=O) groups is 2. The second-order valence-corrected chi connectivity index (χ2v) is 5.52. The molecule has 0 fully saturated rings. The zero-order valence-electron chi connectivity index (χ0n) is 13.8. The molecule has 22 heavy (non-hydrogen) atoms. The molecule has 0 aromatic heterocycles. The minimum atomic E-state index is -0.256. The van der Waals surface area contributed by atoms with Gasteiger partial charge in [-0.15, -0.1) is 0 Å². The molecule has 0 amide bonds. The average Bonchev–Trinajstić information content (AvgIpc) is 2.48. The topological polar surface area (TPSA) is 52.6 Å². The first-order chi connectivity index (χ1) is 10.5. The summed E-state index contributed by atoms with van der Waals surface area (Å²) < 4.78 is 10.4. The predicted molar refractivity (Wildman–Crippen MR) is 85.9 cm³/mol. The first-order valence-electron chi connectivity index (χ1n) is 7.96. The van der Waals surface area contributed by atoms with Gasteiger partial charge in [0.1, 0.15) is 5.75 Å². The van der Waals surface area contributed by atoms with Crippen LogP contribution in [0.4, 0.5) is 0 Å². The van der Waals surface area contributed by atoms with Gasteiger partial charge in [-0.3, -0.25) is 9.59 Å². The molecule has 0 atom stereocenters. The Morgan fingerprint density at radius 3 is 2.36 bits per heavy atom. The molecule has 0 heterocycles. The summed E-state index contributed by atoms with van der Waals surface area (Å²) >= 11 is 0. The highest BCUT2D eigenvalue weighted by Gasteiger charge is 2.09. The van der Waals surface area contributed by atoms with Gasteiger partial charge in [0.15, 0.2) is 0 Å². The number of carbonyl (C=O) groups excluding carboxylic acids is 2. The van der Waals surface area contributed by atoms with Crippen LogP contribution in [0.3, 0.4) is 0 Å². The monoisotopic (exact) mass is 306 g/mol. The Balaban J connectivity index is 2.21. The quantitative estimate of drug-likeness (QED) is 0.391. The van der Waals surface area contributed by atoms with Gasteiger partial charge in [-0.05, 0) is 50.3 Å². The lowest BCUT2D eigenvalue weighted by molar-refractivity contribution is -0.144. The number of aryl methyl sites for hydroxylation is 2. The number of hydrogen-bond acceptors (Lipinski definition) is 4. The molecule has 0 aliphatic heterocycles. The van der Waals surface area contributed by atoms with Gasteiger partial charge in [0.05, 0.1) is 6.61 Å². The van der Waals surface area contributed by atoms with Crippen molar-refractivity contribution in [3.63, 3.8) is 0 Å². The third-order valence-corrected chi connectivity index (χ3v) is 3.34. The fraction of sp³-hybridized carbons (Fsp3) is 0.556. The van der Waals surface area contributed by atoms with Crippen LogP contribution in [0, 0.1) is 13.8 Å². The van der Waals surface area contributed by atoms with Crippen molar-refractivity contribution < 1.29 is 19.1 Å². The van der Waals surface area contributed by atoms with Crippen LogP contribution < -0.4 is 4.74 Å². The van der Waals surface area contributed by atoms with E-state index in [0.717, 1.165) is 24.0 Å². The minimum Gasteiger partial charge on any atom is -0.466 e. The third-order valence-electron chi connectivity index (χ3n) is 3.34. The number of esters is 2. The second-order valence-electron chi connectivity index (χ2n) is 5.52. The Kier molecular flexibility index (Phi) is 8.26. The molecule has 0 N–H and O–H groups in total. The highest BCUT2D eigenvalue weighted by Crippen LogP contribution is 2.20. The summed E-state index contributed by atoms with van der Waals surface area (Å²) in [5.74, 6) is 0.174.